The summed E-state index contributed by atoms with van der Waals surface area (Å²) in [6.07, 6.45) is -0.496. The van der Waals surface area contributed by atoms with Crippen LogP contribution < -0.4 is 4.74 Å². The zero-order valence-corrected chi connectivity index (χ0v) is 12.0. The summed E-state index contributed by atoms with van der Waals surface area (Å²) in [7, 11) is 0. The lowest BCUT2D eigenvalue weighted by Crippen LogP contribution is -2.33. The summed E-state index contributed by atoms with van der Waals surface area (Å²) in [6, 6.07) is 15.7. The van der Waals surface area contributed by atoms with Crippen LogP contribution in [0, 0.1) is 0 Å². The van der Waals surface area contributed by atoms with Crippen molar-refractivity contribution in [1.29, 1.82) is 0 Å². The molecule has 4 nitrogen and oxygen atoms in total. The van der Waals surface area contributed by atoms with Gasteiger partial charge in [-0.25, -0.2) is 0 Å². The van der Waals surface area contributed by atoms with E-state index < -0.39 is 6.29 Å². The van der Waals surface area contributed by atoms with Crippen molar-refractivity contribution in [2.75, 3.05) is 19.8 Å². The van der Waals surface area contributed by atoms with E-state index in [1.54, 1.807) is 0 Å². The van der Waals surface area contributed by atoms with Gasteiger partial charge < -0.3 is 19.3 Å². The van der Waals surface area contributed by atoms with Gasteiger partial charge in [0.05, 0.1) is 13.2 Å². The molecule has 1 fully saturated rings. The van der Waals surface area contributed by atoms with Crippen LogP contribution in [0.4, 0.5) is 0 Å². The molecule has 4 rings (SSSR count). The Hall–Kier alpha value is -2.30. The summed E-state index contributed by atoms with van der Waals surface area (Å²) in [5.74, 6) is 0.591. The second-order valence-corrected chi connectivity index (χ2v) is 5.26. The number of fused-ring (bicyclic) bond motifs is 3. The molecule has 1 N–H and O–H groups in total. The van der Waals surface area contributed by atoms with Crippen LogP contribution in [0.25, 0.3) is 21.5 Å². The molecule has 3 aromatic carbocycles. The van der Waals surface area contributed by atoms with Gasteiger partial charge in [0.1, 0.15) is 6.61 Å². The van der Waals surface area contributed by atoms with Crippen LogP contribution in [0.1, 0.15) is 0 Å². The molecular weight excluding hydrogens is 280 g/mol. The number of hydrogen-bond donors (Lipinski definition) is 1. The Bertz CT molecular complexity index is 822. The van der Waals surface area contributed by atoms with Gasteiger partial charge in [0.2, 0.25) is 6.29 Å². The maximum absolute atomic E-state index is 10.7. The highest BCUT2D eigenvalue weighted by Crippen LogP contribution is 2.43. The van der Waals surface area contributed by atoms with Crippen molar-refractivity contribution in [3.63, 3.8) is 0 Å². The molecule has 1 atom stereocenters. The van der Waals surface area contributed by atoms with Crippen molar-refractivity contribution >= 4 is 21.5 Å². The van der Waals surface area contributed by atoms with E-state index >= 15 is 0 Å². The maximum atomic E-state index is 10.7. The van der Waals surface area contributed by atoms with Crippen molar-refractivity contribution in [3.8, 4) is 11.5 Å². The molecule has 0 spiro atoms. The van der Waals surface area contributed by atoms with Gasteiger partial charge in [0, 0.05) is 10.8 Å². The average Bonchev–Trinajstić information content (AvgIpc) is 2.59. The van der Waals surface area contributed by atoms with Gasteiger partial charge in [0.25, 0.3) is 0 Å². The fraction of sp³-hybridized carbons (Fsp3) is 0.222. The van der Waals surface area contributed by atoms with E-state index in [2.05, 4.69) is 0 Å². The third-order valence-electron chi connectivity index (χ3n) is 3.89. The lowest BCUT2D eigenvalue weighted by molar-refractivity contribution is -0.170. The lowest BCUT2D eigenvalue weighted by atomic mass is 10.00. The molecule has 0 amide bonds. The van der Waals surface area contributed by atoms with E-state index in [0.717, 1.165) is 21.5 Å². The third kappa shape index (κ3) is 2.17. The van der Waals surface area contributed by atoms with Crippen molar-refractivity contribution in [3.05, 3.63) is 48.5 Å². The molecular formula is C18H16O4. The Morgan fingerprint density at radius 3 is 2.18 bits per heavy atom. The summed E-state index contributed by atoms with van der Waals surface area (Å²) in [4.78, 5) is 0. The van der Waals surface area contributed by atoms with Gasteiger partial charge in [-0.1, -0.05) is 48.5 Å². The first-order chi connectivity index (χ1) is 10.8. The van der Waals surface area contributed by atoms with Gasteiger partial charge in [0.15, 0.2) is 11.5 Å². The first-order valence-corrected chi connectivity index (χ1v) is 7.33. The molecule has 22 heavy (non-hydrogen) atoms. The summed E-state index contributed by atoms with van der Waals surface area (Å²) in [5, 5.41) is 14.3. The molecule has 1 saturated heterocycles. The van der Waals surface area contributed by atoms with Crippen molar-refractivity contribution in [2.45, 2.75) is 6.29 Å². The van der Waals surface area contributed by atoms with E-state index in [4.69, 9.17) is 14.2 Å². The number of phenols is 1. The Kier molecular flexibility index (Phi) is 3.33. The van der Waals surface area contributed by atoms with Crippen LogP contribution in [-0.2, 0) is 9.47 Å². The van der Waals surface area contributed by atoms with Crippen LogP contribution in [0.3, 0.4) is 0 Å². The molecule has 4 heteroatoms. The van der Waals surface area contributed by atoms with E-state index in [-0.39, 0.29) is 5.75 Å². The summed E-state index contributed by atoms with van der Waals surface area (Å²) < 4.78 is 16.8. The summed E-state index contributed by atoms with van der Waals surface area (Å²) >= 11 is 0. The molecule has 0 radical (unpaired) electrons. The molecule has 0 aliphatic carbocycles. The number of ether oxygens (including phenoxy) is 3. The standard InChI is InChI=1S/C18H16O4/c19-17-14-7-3-1-5-12(14)13-6-2-4-8-15(13)18(17)22-16-11-20-9-10-21-16/h1-8,16,19H,9-11H2. The van der Waals surface area contributed by atoms with Gasteiger partial charge in [-0.15, -0.1) is 0 Å². The first kappa shape index (κ1) is 13.4. The van der Waals surface area contributed by atoms with Crippen LogP contribution in [0.2, 0.25) is 0 Å². The highest BCUT2D eigenvalue weighted by molar-refractivity contribution is 6.13. The van der Waals surface area contributed by atoms with Gasteiger partial charge in [-0.2, -0.15) is 0 Å². The molecule has 0 bridgehead atoms. The minimum atomic E-state index is -0.496. The van der Waals surface area contributed by atoms with E-state index in [0.29, 0.717) is 25.6 Å². The highest BCUT2D eigenvalue weighted by Gasteiger charge is 2.21. The summed E-state index contributed by atoms with van der Waals surface area (Å²) in [6.45, 7) is 1.43. The minimum absolute atomic E-state index is 0.142. The first-order valence-electron chi connectivity index (χ1n) is 7.33. The average molecular weight is 296 g/mol. The number of hydrogen-bond acceptors (Lipinski definition) is 4. The fourth-order valence-electron chi connectivity index (χ4n) is 2.88. The molecule has 0 saturated carbocycles. The fourth-order valence-corrected chi connectivity index (χ4v) is 2.88. The van der Waals surface area contributed by atoms with Crippen LogP contribution >= 0.6 is 0 Å². The topological polar surface area (TPSA) is 47.9 Å². The molecule has 1 aliphatic rings. The van der Waals surface area contributed by atoms with E-state index in [1.165, 1.54) is 0 Å². The van der Waals surface area contributed by atoms with Gasteiger partial charge in [-0.3, -0.25) is 0 Å². The van der Waals surface area contributed by atoms with Crippen LogP contribution in [0.15, 0.2) is 48.5 Å². The second-order valence-electron chi connectivity index (χ2n) is 5.26. The molecule has 0 aromatic heterocycles. The number of benzene rings is 3. The zero-order chi connectivity index (χ0) is 14.9. The summed E-state index contributed by atoms with van der Waals surface area (Å²) in [5.41, 5.74) is 0. The highest BCUT2D eigenvalue weighted by atomic mass is 16.7. The monoisotopic (exact) mass is 296 g/mol. The smallest absolute Gasteiger partial charge is 0.223 e. The molecule has 1 unspecified atom stereocenters. The van der Waals surface area contributed by atoms with Crippen LogP contribution in [-0.4, -0.2) is 31.2 Å². The molecule has 1 heterocycles. The Balaban J connectivity index is 1.92. The number of phenolic OH excluding ortho intramolecular Hbond substituents is 1. The number of aromatic hydroxyl groups is 1. The third-order valence-corrected chi connectivity index (χ3v) is 3.89. The van der Waals surface area contributed by atoms with Gasteiger partial charge >= 0.3 is 0 Å². The minimum Gasteiger partial charge on any atom is -0.504 e. The predicted octanol–water partition coefficient (Wildman–Crippen LogP) is 3.45. The van der Waals surface area contributed by atoms with Crippen LogP contribution in [0.5, 0.6) is 11.5 Å². The SMILES string of the molecule is Oc1c(OC2COCCO2)c2ccccc2c2ccccc12. The zero-order valence-electron chi connectivity index (χ0n) is 12.0. The Labute approximate surface area is 127 Å². The quantitative estimate of drug-likeness (QED) is 0.736. The van der Waals surface area contributed by atoms with Crippen molar-refractivity contribution in [1.82, 2.24) is 0 Å². The second kappa shape index (κ2) is 5.48. The predicted molar refractivity (Wildman–Crippen MR) is 84.3 cm³/mol. The molecule has 1 aliphatic heterocycles. The molecule has 3 aromatic rings. The number of rotatable bonds is 2. The Morgan fingerprint density at radius 1 is 0.864 bits per heavy atom. The van der Waals surface area contributed by atoms with Crippen molar-refractivity contribution in [2.24, 2.45) is 0 Å². The van der Waals surface area contributed by atoms with Gasteiger partial charge in [-0.05, 0) is 10.8 Å². The molecule has 112 valence electrons. The van der Waals surface area contributed by atoms with E-state index in [1.807, 2.05) is 48.5 Å². The largest absolute Gasteiger partial charge is 0.504 e. The normalized spacial score (nSPS) is 18.6. The lowest BCUT2D eigenvalue weighted by Gasteiger charge is -2.25. The Morgan fingerprint density at radius 2 is 1.50 bits per heavy atom. The maximum Gasteiger partial charge on any atom is 0.223 e. The van der Waals surface area contributed by atoms with E-state index in [9.17, 15) is 5.11 Å². The van der Waals surface area contributed by atoms with Crippen molar-refractivity contribution < 1.29 is 19.3 Å².